The van der Waals surface area contributed by atoms with E-state index in [4.69, 9.17) is 4.74 Å². The van der Waals surface area contributed by atoms with Gasteiger partial charge in [0.05, 0.1) is 5.56 Å². The Labute approximate surface area is 108 Å². The minimum absolute atomic E-state index is 0.176. The number of ether oxygens (including phenoxy) is 1. The molecule has 0 amide bonds. The van der Waals surface area contributed by atoms with Crippen molar-refractivity contribution in [2.75, 3.05) is 0 Å². The third-order valence-electron chi connectivity index (χ3n) is 2.56. The van der Waals surface area contributed by atoms with Crippen molar-refractivity contribution in [1.82, 2.24) is 0 Å². The topological polar surface area (TPSA) is 43.4 Å². The number of hydrogen-bond acceptors (Lipinski definition) is 3. The van der Waals surface area contributed by atoms with Crippen LogP contribution in [-0.4, -0.2) is 17.9 Å². The molecule has 0 unspecified atom stereocenters. The fraction of sp³-hybridized carbons (Fsp3) is 0.467. The van der Waals surface area contributed by atoms with Crippen LogP contribution in [0, 0.1) is 0 Å². The average molecular weight is 248 g/mol. The van der Waals surface area contributed by atoms with Crippen LogP contribution in [0.5, 0.6) is 0 Å². The second kappa shape index (κ2) is 5.80. The summed E-state index contributed by atoms with van der Waals surface area (Å²) >= 11 is 0. The maximum atomic E-state index is 11.8. The van der Waals surface area contributed by atoms with Crippen molar-refractivity contribution in [3.63, 3.8) is 0 Å². The summed E-state index contributed by atoms with van der Waals surface area (Å²) in [4.78, 5) is 22.2. The summed E-state index contributed by atoms with van der Waals surface area (Å²) in [5.41, 5.74) is 1.10. The molecule has 0 aliphatic rings. The Kier molecular flexibility index (Phi) is 4.65. The van der Waals surface area contributed by atoms with Crippen LogP contribution in [-0.2, 0) is 9.53 Å². The lowest BCUT2D eigenvalue weighted by Gasteiger charge is -2.19. The summed E-state index contributed by atoms with van der Waals surface area (Å²) < 4.78 is 5.28. The molecule has 0 radical (unpaired) electrons. The van der Waals surface area contributed by atoms with Gasteiger partial charge in [-0.1, -0.05) is 19.1 Å². The molecule has 0 saturated carbocycles. The van der Waals surface area contributed by atoms with Crippen LogP contribution in [0.25, 0.3) is 0 Å². The normalized spacial score (nSPS) is 12.9. The minimum atomic E-state index is -0.486. The molecule has 1 aromatic carbocycles. The Morgan fingerprint density at radius 2 is 1.83 bits per heavy atom. The van der Waals surface area contributed by atoms with Crippen LogP contribution < -0.4 is 0 Å². The zero-order valence-electron chi connectivity index (χ0n) is 11.4. The molecule has 0 fully saturated rings. The van der Waals surface area contributed by atoms with E-state index in [1.807, 2.05) is 39.8 Å². The summed E-state index contributed by atoms with van der Waals surface area (Å²) in [6.45, 7) is 7.50. The number of rotatable bonds is 4. The second-order valence-corrected chi connectivity index (χ2v) is 5.43. The van der Waals surface area contributed by atoms with Crippen molar-refractivity contribution in [1.29, 1.82) is 0 Å². The zero-order valence-corrected chi connectivity index (χ0v) is 11.4. The minimum Gasteiger partial charge on any atom is -0.456 e. The van der Waals surface area contributed by atoms with Crippen LogP contribution in [0.15, 0.2) is 24.3 Å². The van der Waals surface area contributed by atoms with Gasteiger partial charge in [0.1, 0.15) is 11.9 Å². The lowest BCUT2D eigenvalue weighted by molar-refractivity contribution is -0.108. The van der Waals surface area contributed by atoms with E-state index in [9.17, 15) is 9.59 Å². The highest BCUT2D eigenvalue weighted by atomic mass is 16.6. The van der Waals surface area contributed by atoms with E-state index < -0.39 is 5.60 Å². The van der Waals surface area contributed by atoms with Crippen LogP contribution >= 0.6 is 0 Å². The SMILES string of the molecule is C[C@@H](CC=O)c1ccc(C(=O)OC(C)(C)C)cc1. The highest BCUT2D eigenvalue weighted by molar-refractivity contribution is 5.89. The molecule has 3 nitrogen and oxygen atoms in total. The second-order valence-electron chi connectivity index (χ2n) is 5.43. The number of benzene rings is 1. The molecule has 1 rings (SSSR count). The first-order valence-corrected chi connectivity index (χ1v) is 6.10. The van der Waals surface area contributed by atoms with E-state index in [1.54, 1.807) is 12.1 Å². The summed E-state index contributed by atoms with van der Waals surface area (Å²) in [6.07, 6.45) is 1.40. The van der Waals surface area contributed by atoms with Gasteiger partial charge in [-0.2, -0.15) is 0 Å². The quantitative estimate of drug-likeness (QED) is 0.606. The van der Waals surface area contributed by atoms with E-state index in [0.29, 0.717) is 12.0 Å². The molecule has 0 aromatic heterocycles. The average Bonchev–Trinajstić information content (AvgIpc) is 2.27. The van der Waals surface area contributed by atoms with Crippen molar-refractivity contribution in [3.05, 3.63) is 35.4 Å². The predicted octanol–water partition coefficient (Wildman–Crippen LogP) is 3.33. The van der Waals surface area contributed by atoms with E-state index in [0.717, 1.165) is 11.8 Å². The monoisotopic (exact) mass is 248 g/mol. The Balaban J connectivity index is 2.76. The third kappa shape index (κ3) is 4.32. The maximum Gasteiger partial charge on any atom is 0.338 e. The fourth-order valence-corrected chi connectivity index (χ4v) is 1.57. The lowest BCUT2D eigenvalue weighted by atomic mass is 9.97. The summed E-state index contributed by atoms with van der Waals surface area (Å²) in [5, 5.41) is 0. The molecule has 3 heteroatoms. The fourth-order valence-electron chi connectivity index (χ4n) is 1.57. The first kappa shape index (κ1) is 14.4. The van der Waals surface area contributed by atoms with Gasteiger partial charge in [-0.25, -0.2) is 4.79 Å². The van der Waals surface area contributed by atoms with Gasteiger partial charge in [0.25, 0.3) is 0 Å². The van der Waals surface area contributed by atoms with Gasteiger partial charge in [-0.15, -0.1) is 0 Å². The molecular weight excluding hydrogens is 228 g/mol. The molecule has 98 valence electrons. The van der Waals surface area contributed by atoms with Crippen LogP contribution in [0.1, 0.15) is 56.0 Å². The molecule has 1 atom stereocenters. The maximum absolute atomic E-state index is 11.8. The third-order valence-corrected chi connectivity index (χ3v) is 2.56. The molecule has 0 aliphatic carbocycles. The number of carbonyl (C=O) groups is 2. The molecule has 0 saturated heterocycles. The number of esters is 1. The Morgan fingerprint density at radius 3 is 2.28 bits per heavy atom. The van der Waals surface area contributed by atoms with E-state index in [1.165, 1.54) is 0 Å². The lowest BCUT2D eigenvalue weighted by Crippen LogP contribution is -2.23. The molecular formula is C15H20O3. The Hall–Kier alpha value is -1.64. The van der Waals surface area contributed by atoms with Crippen LogP contribution in [0.2, 0.25) is 0 Å². The van der Waals surface area contributed by atoms with Gasteiger partial charge < -0.3 is 9.53 Å². The first-order valence-electron chi connectivity index (χ1n) is 6.10. The molecule has 0 heterocycles. The largest absolute Gasteiger partial charge is 0.456 e. The molecule has 0 N–H and O–H groups in total. The summed E-state index contributed by atoms with van der Waals surface area (Å²) in [5.74, 6) is -0.146. The van der Waals surface area contributed by atoms with Gasteiger partial charge in [0, 0.05) is 6.42 Å². The molecule has 0 bridgehead atoms. The zero-order chi connectivity index (χ0) is 13.8. The van der Waals surface area contributed by atoms with Crippen molar-refractivity contribution in [3.8, 4) is 0 Å². The Bertz CT molecular complexity index is 412. The van der Waals surface area contributed by atoms with Gasteiger partial charge in [0.15, 0.2) is 0 Å². The summed E-state index contributed by atoms with van der Waals surface area (Å²) in [6, 6.07) is 7.22. The van der Waals surface area contributed by atoms with Crippen molar-refractivity contribution in [2.24, 2.45) is 0 Å². The van der Waals surface area contributed by atoms with Gasteiger partial charge in [-0.3, -0.25) is 0 Å². The van der Waals surface area contributed by atoms with Gasteiger partial charge in [-0.05, 0) is 44.4 Å². The Morgan fingerprint density at radius 1 is 1.28 bits per heavy atom. The highest BCUT2D eigenvalue weighted by Gasteiger charge is 2.17. The molecule has 1 aromatic rings. The smallest absolute Gasteiger partial charge is 0.338 e. The van der Waals surface area contributed by atoms with Crippen LogP contribution in [0.3, 0.4) is 0 Å². The standard InChI is InChI=1S/C15H20O3/c1-11(9-10-16)12-5-7-13(8-6-12)14(17)18-15(2,3)4/h5-8,10-11H,9H2,1-4H3/t11-/m0/s1. The highest BCUT2D eigenvalue weighted by Crippen LogP contribution is 2.19. The van der Waals surface area contributed by atoms with Crippen molar-refractivity contribution < 1.29 is 14.3 Å². The van der Waals surface area contributed by atoms with Gasteiger partial charge >= 0.3 is 5.97 Å². The predicted molar refractivity (Wildman–Crippen MR) is 70.7 cm³/mol. The van der Waals surface area contributed by atoms with Crippen molar-refractivity contribution in [2.45, 2.75) is 45.6 Å². The first-order chi connectivity index (χ1) is 8.33. The molecule has 0 spiro atoms. The molecule has 18 heavy (non-hydrogen) atoms. The van der Waals surface area contributed by atoms with Crippen molar-refractivity contribution >= 4 is 12.3 Å². The number of aldehydes is 1. The molecule has 0 aliphatic heterocycles. The van der Waals surface area contributed by atoms with E-state index >= 15 is 0 Å². The van der Waals surface area contributed by atoms with Crippen LogP contribution in [0.4, 0.5) is 0 Å². The van der Waals surface area contributed by atoms with Gasteiger partial charge in [0.2, 0.25) is 0 Å². The number of hydrogen-bond donors (Lipinski definition) is 0. The number of carbonyl (C=O) groups excluding carboxylic acids is 2. The van der Waals surface area contributed by atoms with E-state index in [2.05, 4.69) is 0 Å². The summed E-state index contributed by atoms with van der Waals surface area (Å²) in [7, 11) is 0. The van der Waals surface area contributed by atoms with E-state index in [-0.39, 0.29) is 11.9 Å².